The van der Waals surface area contributed by atoms with Crippen LogP contribution >= 0.6 is 11.6 Å². The lowest BCUT2D eigenvalue weighted by Crippen LogP contribution is -2.45. The highest BCUT2D eigenvalue weighted by molar-refractivity contribution is 6.91. The Kier molecular flexibility index (Phi) is 5.70. The molecule has 178 valence electrons. The van der Waals surface area contributed by atoms with Crippen molar-refractivity contribution in [3.05, 3.63) is 57.4 Å². The summed E-state index contributed by atoms with van der Waals surface area (Å²) in [7, 11) is -1.91. The number of nitrogens with zero attached hydrogens (tertiary/aromatic N) is 2. The van der Waals surface area contributed by atoms with Crippen LogP contribution in [0.15, 0.2) is 35.1 Å². The van der Waals surface area contributed by atoms with Gasteiger partial charge in [-0.2, -0.15) is 0 Å². The summed E-state index contributed by atoms with van der Waals surface area (Å²) < 4.78 is 6.94. The molecule has 1 N–H and O–H groups in total. The van der Waals surface area contributed by atoms with Crippen LogP contribution < -0.4 is 10.7 Å². The minimum Gasteiger partial charge on any atom is -0.458 e. The number of halogens is 1. The maximum Gasteiger partial charge on any atom is 0.343 e. The van der Waals surface area contributed by atoms with Crippen LogP contribution in [0.1, 0.15) is 42.9 Å². The second-order valence-electron chi connectivity index (χ2n) is 9.96. The summed E-state index contributed by atoms with van der Waals surface area (Å²) in [4.78, 5) is 31.0. The van der Waals surface area contributed by atoms with E-state index < -0.39 is 19.6 Å². The Balaban J connectivity index is 1.77. The van der Waals surface area contributed by atoms with E-state index in [-0.39, 0.29) is 18.6 Å². The second-order valence-corrected chi connectivity index (χ2v) is 15.1. The fraction of sp³-hybridized carbons (Fsp3) is 0.423. The normalized spacial score (nSPS) is 19.0. The third-order valence-corrected chi connectivity index (χ3v) is 11.3. The van der Waals surface area contributed by atoms with Crippen molar-refractivity contribution in [1.29, 1.82) is 0 Å². The van der Waals surface area contributed by atoms with Crippen LogP contribution in [0.2, 0.25) is 19.1 Å². The first kappa shape index (κ1) is 23.3. The number of hydrogen-bond acceptors (Lipinski definition) is 5. The van der Waals surface area contributed by atoms with Crippen molar-refractivity contribution in [2.75, 3.05) is 5.88 Å². The van der Waals surface area contributed by atoms with Crippen LogP contribution in [-0.2, 0) is 28.3 Å². The molecule has 4 heterocycles. The first-order chi connectivity index (χ1) is 16.2. The zero-order valence-corrected chi connectivity index (χ0v) is 21.5. The van der Waals surface area contributed by atoms with E-state index in [2.05, 4.69) is 19.2 Å². The molecule has 34 heavy (non-hydrogen) atoms. The van der Waals surface area contributed by atoms with E-state index in [0.29, 0.717) is 29.2 Å². The van der Waals surface area contributed by atoms with Crippen LogP contribution in [0, 0.1) is 0 Å². The number of esters is 1. The van der Waals surface area contributed by atoms with E-state index in [0.717, 1.165) is 41.0 Å². The summed E-state index contributed by atoms with van der Waals surface area (Å²) in [5, 5.41) is 13.6. The van der Waals surface area contributed by atoms with Crippen molar-refractivity contribution >= 4 is 41.7 Å². The SMILES string of the molecule is CC[C@@]1(O)C(=O)OCc2c1cc1n(c2=O)Cc2c-1nc1ccccc1c2[Si](C)(C)CCCCCl. The molecule has 0 aliphatic carbocycles. The molecule has 2 aliphatic rings. The van der Waals surface area contributed by atoms with E-state index in [9.17, 15) is 14.7 Å². The number of carbonyl (C=O) groups is 1. The molecule has 0 saturated carbocycles. The Morgan fingerprint density at radius 1 is 1.21 bits per heavy atom. The summed E-state index contributed by atoms with van der Waals surface area (Å²) >= 11 is 5.96. The Morgan fingerprint density at radius 3 is 2.71 bits per heavy atom. The van der Waals surface area contributed by atoms with Gasteiger partial charge in [0.15, 0.2) is 5.60 Å². The average molecular weight is 497 g/mol. The van der Waals surface area contributed by atoms with Crippen molar-refractivity contribution in [2.24, 2.45) is 0 Å². The van der Waals surface area contributed by atoms with Crippen LogP contribution in [-0.4, -0.2) is 34.6 Å². The zero-order chi connectivity index (χ0) is 24.3. The van der Waals surface area contributed by atoms with Gasteiger partial charge < -0.3 is 14.4 Å². The molecule has 1 atom stereocenters. The highest BCUT2D eigenvalue weighted by atomic mass is 35.5. The highest BCUT2D eigenvalue weighted by Crippen LogP contribution is 2.39. The number of alkyl halides is 1. The average Bonchev–Trinajstić information content (AvgIpc) is 3.18. The van der Waals surface area contributed by atoms with Gasteiger partial charge in [-0.3, -0.25) is 4.79 Å². The topological polar surface area (TPSA) is 81.4 Å². The van der Waals surface area contributed by atoms with Crippen molar-refractivity contribution < 1.29 is 14.6 Å². The predicted molar refractivity (Wildman–Crippen MR) is 136 cm³/mol. The number of para-hydroxylation sites is 1. The predicted octanol–water partition coefficient (Wildman–Crippen LogP) is 4.01. The van der Waals surface area contributed by atoms with E-state index in [1.807, 2.05) is 18.2 Å². The molecule has 0 amide bonds. The number of benzene rings is 1. The molecule has 0 fully saturated rings. The van der Waals surface area contributed by atoms with Crippen molar-refractivity contribution in [3.8, 4) is 11.4 Å². The largest absolute Gasteiger partial charge is 0.458 e. The number of cyclic esters (lactones) is 1. The van der Waals surface area contributed by atoms with Crippen LogP contribution in [0.5, 0.6) is 0 Å². The molecule has 0 saturated heterocycles. The molecule has 5 rings (SSSR count). The monoisotopic (exact) mass is 496 g/mol. The molecule has 1 aromatic carbocycles. The smallest absolute Gasteiger partial charge is 0.343 e. The summed E-state index contributed by atoms with van der Waals surface area (Å²) in [6.45, 7) is 6.79. The van der Waals surface area contributed by atoms with E-state index in [1.165, 1.54) is 5.19 Å². The Morgan fingerprint density at radius 2 is 1.97 bits per heavy atom. The van der Waals surface area contributed by atoms with Gasteiger partial charge in [-0.05, 0) is 41.1 Å². The molecule has 0 bridgehead atoms. The third-order valence-electron chi connectivity index (χ3n) is 7.46. The Hall–Kier alpha value is -2.48. The lowest BCUT2D eigenvalue weighted by Gasteiger charge is -2.31. The number of pyridine rings is 2. The lowest BCUT2D eigenvalue weighted by atomic mass is 9.86. The number of rotatable bonds is 6. The zero-order valence-electron chi connectivity index (χ0n) is 19.8. The second kappa shape index (κ2) is 8.32. The molecule has 6 nitrogen and oxygen atoms in total. The first-order valence-electron chi connectivity index (χ1n) is 11.9. The van der Waals surface area contributed by atoms with E-state index in [1.54, 1.807) is 17.6 Å². The maximum absolute atomic E-state index is 13.6. The van der Waals surface area contributed by atoms with Gasteiger partial charge in [-0.1, -0.05) is 50.7 Å². The van der Waals surface area contributed by atoms with Crippen LogP contribution in [0.3, 0.4) is 0 Å². The Bertz CT molecular complexity index is 1380. The number of fused-ring (bicyclic) bond motifs is 5. The number of unbranched alkanes of at least 4 members (excludes halogenated alkanes) is 1. The molecule has 2 aromatic heterocycles. The summed E-state index contributed by atoms with van der Waals surface area (Å²) in [6.07, 6.45) is 2.18. The Labute approximate surface area is 204 Å². The number of aliphatic hydroxyl groups is 1. The van der Waals surface area contributed by atoms with Crippen molar-refractivity contribution in [1.82, 2.24) is 9.55 Å². The number of hydrogen-bond donors (Lipinski definition) is 1. The quantitative estimate of drug-likeness (QED) is 0.189. The van der Waals surface area contributed by atoms with Crippen LogP contribution in [0.25, 0.3) is 22.3 Å². The molecule has 2 aliphatic heterocycles. The van der Waals surface area contributed by atoms with Gasteiger partial charge in [-0.15, -0.1) is 11.6 Å². The molecule has 8 heteroatoms. The molecule has 3 aromatic rings. The van der Waals surface area contributed by atoms with Gasteiger partial charge in [-0.25, -0.2) is 9.78 Å². The minimum atomic E-state index is -1.91. The molecule has 0 radical (unpaired) electrons. The van der Waals surface area contributed by atoms with Crippen molar-refractivity contribution in [2.45, 2.75) is 64.1 Å². The molecule has 0 spiro atoms. The van der Waals surface area contributed by atoms with Gasteiger partial charge >= 0.3 is 5.97 Å². The van der Waals surface area contributed by atoms with Gasteiger partial charge in [0, 0.05) is 11.4 Å². The molecular weight excluding hydrogens is 468 g/mol. The first-order valence-corrected chi connectivity index (χ1v) is 15.6. The minimum absolute atomic E-state index is 0.118. The maximum atomic E-state index is 13.6. The van der Waals surface area contributed by atoms with Gasteiger partial charge in [0.25, 0.3) is 5.56 Å². The van der Waals surface area contributed by atoms with Crippen LogP contribution in [0.4, 0.5) is 0 Å². The molecule has 0 unspecified atom stereocenters. The summed E-state index contributed by atoms with van der Waals surface area (Å²) in [5.74, 6) is -0.0437. The lowest BCUT2D eigenvalue weighted by molar-refractivity contribution is -0.172. The van der Waals surface area contributed by atoms with Gasteiger partial charge in [0.05, 0.1) is 37.1 Å². The van der Waals surface area contributed by atoms with Crippen molar-refractivity contribution in [3.63, 3.8) is 0 Å². The number of ether oxygens (including phenoxy) is 1. The number of carbonyl (C=O) groups excluding carboxylic acids is 1. The fourth-order valence-corrected chi connectivity index (χ4v) is 9.12. The molecular formula is C26H29ClN2O4Si. The van der Waals surface area contributed by atoms with Gasteiger partial charge in [0.2, 0.25) is 0 Å². The third kappa shape index (κ3) is 3.36. The van der Waals surface area contributed by atoms with E-state index in [4.69, 9.17) is 21.3 Å². The summed E-state index contributed by atoms with van der Waals surface area (Å²) in [6, 6.07) is 11.1. The standard InChI is InChI=1S/C26H29ClN2O4Si/c1-4-26(32)19-13-21-22-17(14-29(21)24(30)18(19)15-33-25(26)31)23(34(2,3)12-8-7-11-27)16-9-5-6-10-20(16)28-22/h5-6,9-10,13,32H,4,7-8,11-12,14-15H2,1-3H3/t26-/m0/s1. The van der Waals surface area contributed by atoms with E-state index >= 15 is 0 Å². The highest BCUT2D eigenvalue weighted by Gasteiger charge is 2.45. The summed E-state index contributed by atoms with van der Waals surface area (Å²) in [5.41, 5.74) is 2.10. The van der Waals surface area contributed by atoms with Gasteiger partial charge in [0.1, 0.15) is 6.61 Å². The number of aromatic nitrogens is 2. The fourth-order valence-electron chi connectivity index (χ4n) is 5.59.